The third kappa shape index (κ3) is 6.44. The van der Waals surface area contributed by atoms with Crippen molar-refractivity contribution in [3.63, 3.8) is 0 Å². The molecule has 2 saturated carbocycles. The molecule has 0 aliphatic heterocycles. The normalized spacial score (nSPS) is 21.1. The molecule has 228 valence electrons. The van der Waals surface area contributed by atoms with E-state index in [9.17, 15) is 19.2 Å². The van der Waals surface area contributed by atoms with Gasteiger partial charge in [0.1, 0.15) is 0 Å². The maximum atomic E-state index is 11.5. The van der Waals surface area contributed by atoms with Gasteiger partial charge in [0.15, 0.2) is 11.6 Å². The molecule has 2 aromatic carbocycles. The Balaban J connectivity index is 0.000000175. The van der Waals surface area contributed by atoms with Gasteiger partial charge in [-0.15, -0.1) is 0 Å². The average Bonchev–Trinajstić information content (AvgIpc) is 3.83. The molecule has 2 aliphatic carbocycles. The SMILES string of the molecule is C=CC(=O)C[C@H]1CC[C@@H](c2ccc(C(N)=O)c3[nH]ccc23)C1.C=CC(=O)C[C@H]1CC[C@H](c2ccc(C(N)=O)c3[nH]ccc23)C1. The van der Waals surface area contributed by atoms with Crippen molar-refractivity contribution in [2.75, 3.05) is 0 Å². The third-order valence-electron chi connectivity index (χ3n) is 9.44. The number of rotatable bonds is 10. The van der Waals surface area contributed by atoms with Gasteiger partial charge < -0.3 is 21.4 Å². The predicted octanol–water partition coefficient (Wildman–Crippen LogP) is 6.59. The Morgan fingerprint density at radius 2 is 1.07 bits per heavy atom. The van der Waals surface area contributed by atoms with E-state index in [1.165, 1.54) is 23.3 Å². The summed E-state index contributed by atoms with van der Waals surface area (Å²) in [5.41, 5.74) is 16.0. The number of aromatic nitrogens is 2. The first kappa shape index (κ1) is 30.7. The van der Waals surface area contributed by atoms with E-state index in [2.05, 4.69) is 23.1 Å². The highest BCUT2D eigenvalue weighted by Gasteiger charge is 2.30. The molecule has 2 heterocycles. The monoisotopic (exact) mass is 592 g/mol. The zero-order chi connectivity index (χ0) is 31.4. The first-order chi connectivity index (χ1) is 21.2. The van der Waals surface area contributed by atoms with Crippen LogP contribution in [0, 0.1) is 11.8 Å². The van der Waals surface area contributed by atoms with Crippen molar-refractivity contribution < 1.29 is 19.2 Å². The van der Waals surface area contributed by atoms with Crippen LogP contribution in [0.4, 0.5) is 0 Å². The minimum atomic E-state index is -0.417. The summed E-state index contributed by atoms with van der Waals surface area (Å²) < 4.78 is 0. The molecule has 2 fully saturated rings. The third-order valence-corrected chi connectivity index (χ3v) is 9.44. The molecule has 0 radical (unpaired) electrons. The van der Waals surface area contributed by atoms with Gasteiger partial charge in [-0.05, 0) is 110 Å². The fourth-order valence-corrected chi connectivity index (χ4v) is 7.30. The van der Waals surface area contributed by atoms with Crippen LogP contribution in [0.5, 0.6) is 0 Å². The smallest absolute Gasteiger partial charge is 0.250 e. The van der Waals surface area contributed by atoms with Gasteiger partial charge in [-0.2, -0.15) is 0 Å². The number of H-pyrrole nitrogens is 2. The van der Waals surface area contributed by atoms with Crippen molar-refractivity contribution in [2.45, 2.75) is 63.2 Å². The molecule has 0 saturated heterocycles. The number of hydrogen-bond acceptors (Lipinski definition) is 4. The number of ketones is 2. The maximum absolute atomic E-state index is 11.5. The van der Waals surface area contributed by atoms with Crippen LogP contribution in [-0.2, 0) is 9.59 Å². The van der Waals surface area contributed by atoms with Crippen molar-refractivity contribution in [2.24, 2.45) is 23.3 Å². The number of benzene rings is 2. The molecule has 2 aromatic heterocycles. The lowest BCUT2D eigenvalue weighted by Crippen LogP contribution is -2.12. The van der Waals surface area contributed by atoms with Gasteiger partial charge in [-0.1, -0.05) is 25.3 Å². The predicted molar refractivity (Wildman–Crippen MR) is 173 cm³/mol. The van der Waals surface area contributed by atoms with Crippen LogP contribution < -0.4 is 11.5 Å². The quantitative estimate of drug-likeness (QED) is 0.153. The minimum absolute atomic E-state index is 0.126. The lowest BCUT2D eigenvalue weighted by atomic mass is 9.91. The van der Waals surface area contributed by atoms with Crippen molar-refractivity contribution in [3.8, 4) is 0 Å². The molecule has 0 unspecified atom stereocenters. The summed E-state index contributed by atoms with van der Waals surface area (Å²) in [6.45, 7) is 7.09. The summed E-state index contributed by atoms with van der Waals surface area (Å²) in [4.78, 5) is 52.3. The molecule has 2 amide bonds. The van der Waals surface area contributed by atoms with E-state index in [1.807, 2.05) is 36.7 Å². The van der Waals surface area contributed by atoms with Crippen LogP contribution in [0.2, 0.25) is 0 Å². The second-order valence-electron chi connectivity index (χ2n) is 12.2. The summed E-state index contributed by atoms with van der Waals surface area (Å²) >= 11 is 0. The van der Waals surface area contributed by atoms with Crippen LogP contribution >= 0.6 is 0 Å². The van der Waals surface area contributed by atoms with Crippen LogP contribution in [-0.4, -0.2) is 33.3 Å². The standard InChI is InChI=1S/2C18H20N2O2/c2*1-2-13(21)10-11-3-4-12(9-11)14-5-6-16(18(19)22)17-15(14)7-8-20-17/h2*2,5-8,11-12,20H,1,3-4,9-10H2,(H2,19,22)/t11-,12+;11-,12-/m00/s1. The van der Waals surface area contributed by atoms with Crippen LogP contribution in [0.1, 0.15) is 95.0 Å². The van der Waals surface area contributed by atoms with Crippen molar-refractivity contribution in [1.82, 2.24) is 9.97 Å². The highest BCUT2D eigenvalue weighted by Crippen LogP contribution is 2.43. The number of carbonyl (C=O) groups excluding carboxylic acids is 4. The van der Waals surface area contributed by atoms with E-state index < -0.39 is 11.8 Å². The Labute approximate surface area is 257 Å². The summed E-state index contributed by atoms with van der Waals surface area (Å²) in [6.07, 6.45) is 14.0. The Morgan fingerprint density at radius 3 is 1.43 bits per heavy atom. The molecule has 0 spiro atoms. The maximum Gasteiger partial charge on any atom is 0.250 e. The summed E-state index contributed by atoms with van der Waals surface area (Å²) in [5.74, 6) is 1.15. The lowest BCUT2D eigenvalue weighted by Gasteiger charge is -2.13. The fourth-order valence-electron chi connectivity index (χ4n) is 7.30. The molecule has 6 rings (SSSR count). The molecular formula is C36H40N4O4. The largest absolute Gasteiger partial charge is 0.366 e. The van der Waals surface area contributed by atoms with Gasteiger partial charge in [-0.3, -0.25) is 19.2 Å². The summed E-state index contributed by atoms with van der Waals surface area (Å²) in [6, 6.07) is 11.6. The zero-order valence-corrected chi connectivity index (χ0v) is 24.9. The Kier molecular flexibility index (Phi) is 9.28. The number of nitrogens with two attached hydrogens (primary N) is 2. The van der Waals surface area contributed by atoms with Gasteiger partial charge in [0.2, 0.25) is 0 Å². The van der Waals surface area contributed by atoms with Crippen molar-refractivity contribution in [3.05, 3.63) is 96.4 Å². The lowest BCUT2D eigenvalue weighted by molar-refractivity contribution is -0.116. The van der Waals surface area contributed by atoms with E-state index in [-0.39, 0.29) is 11.6 Å². The Bertz CT molecular complexity index is 1620. The number of primary amides is 2. The number of amides is 2. The van der Waals surface area contributed by atoms with Crippen LogP contribution in [0.15, 0.2) is 74.1 Å². The van der Waals surface area contributed by atoms with Crippen molar-refractivity contribution in [1.29, 1.82) is 0 Å². The molecule has 4 aromatic rings. The number of nitrogens with one attached hydrogen (secondary N) is 2. The second-order valence-corrected chi connectivity index (χ2v) is 12.2. The van der Waals surface area contributed by atoms with E-state index in [4.69, 9.17) is 11.5 Å². The van der Waals surface area contributed by atoms with E-state index in [1.54, 1.807) is 12.1 Å². The van der Waals surface area contributed by atoms with Gasteiger partial charge in [-0.25, -0.2) is 0 Å². The average molecular weight is 593 g/mol. The van der Waals surface area contributed by atoms with Crippen LogP contribution in [0.25, 0.3) is 21.8 Å². The van der Waals surface area contributed by atoms with Gasteiger partial charge >= 0.3 is 0 Å². The fraction of sp³-hybridized carbons (Fsp3) is 0.333. The number of hydrogen-bond donors (Lipinski definition) is 4. The second kappa shape index (κ2) is 13.3. The molecule has 8 heteroatoms. The Hall–Kier alpha value is -4.72. The highest BCUT2D eigenvalue weighted by molar-refractivity contribution is 6.06. The van der Waals surface area contributed by atoms with Gasteiger partial charge in [0.05, 0.1) is 22.2 Å². The zero-order valence-electron chi connectivity index (χ0n) is 24.9. The Morgan fingerprint density at radius 1 is 0.659 bits per heavy atom. The number of allylic oxidation sites excluding steroid dienone is 2. The minimum Gasteiger partial charge on any atom is -0.366 e. The number of carbonyl (C=O) groups is 4. The van der Waals surface area contributed by atoms with E-state index >= 15 is 0 Å². The topological polar surface area (TPSA) is 152 Å². The number of aromatic amines is 2. The highest BCUT2D eigenvalue weighted by atomic mass is 16.1. The first-order valence-electron chi connectivity index (χ1n) is 15.3. The molecule has 0 bridgehead atoms. The van der Waals surface area contributed by atoms with Crippen molar-refractivity contribution >= 4 is 45.2 Å². The van der Waals surface area contributed by atoms with E-state index in [0.717, 1.165) is 60.3 Å². The molecular weight excluding hydrogens is 552 g/mol. The molecule has 2 aliphatic rings. The molecule has 44 heavy (non-hydrogen) atoms. The van der Waals surface area contributed by atoms with Gasteiger partial charge in [0, 0.05) is 36.0 Å². The summed E-state index contributed by atoms with van der Waals surface area (Å²) in [5, 5.41) is 2.13. The number of fused-ring (bicyclic) bond motifs is 2. The summed E-state index contributed by atoms with van der Waals surface area (Å²) in [7, 11) is 0. The van der Waals surface area contributed by atoms with E-state index in [0.29, 0.717) is 47.6 Å². The molecule has 4 atom stereocenters. The molecule has 6 N–H and O–H groups in total. The first-order valence-corrected chi connectivity index (χ1v) is 15.3. The van der Waals surface area contributed by atoms with Gasteiger partial charge in [0.25, 0.3) is 11.8 Å². The molecule has 8 nitrogen and oxygen atoms in total. The van der Waals surface area contributed by atoms with Crippen LogP contribution in [0.3, 0.4) is 0 Å².